The maximum absolute atomic E-state index is 13.0. The zero-order valence-electron chi connectivity index (χ0n) is 19.3. The van der Waals surface area contributed by atoms with E-state index in [4.69, 9.17) is 18.6 Å². The third kappa shape index (κ3) is 4.76. The molecule has 0 bridgehead atoms. The van der Waals surface area contributed by atoms with Crippen LogP contribution in [-0.2, 0) is 0 Å². The summed E-state index contributed by atoms with van der Waals surface area (Å²) in [6.07, 6.45) is 4.12. The van der Waals surface area contributed by atoms with Crippen LogP contribution in [0, 0.1) is 0 Å². The van der Waals surface area contributed by atoms with Crippen LogP contribution in [0.15, 0.2) is 65.3 Å². The average molecular weight is 463 g/mol. The quantitative estimate of drug-likeness (QED) is 0.557. The lowest BCUT2D eigenvalue weighted by molar-refractivity contribution is 0.0772. The molecule has 1 aliphatic heterocycles. The molecule has 8 nitrogen and oxygen atoms in total. The molecule has 1 aliphatic rings. The van der Waals surface area contributed by atoms with E-state index in [0.717, 1.165) is 11.1 Å². The molecule has 1 aromatic heterocycles. The van der Waals surface area contributed by atoms with E-state index >= 15 is 0 Å². The molecule has 34 heavy (non-hydrogen) atoms. The van der Waals surface area contributed by atoms with Crippen molar-refractivity contribution in [3.05, 3.63) is 77.8 Å². The number of benzene rings is 2. The van der Waals surface area contributed by atoms with Crippen LogP contribution < -0.4 is 19.5 Å². The standard InChI is InChI=1S/C26H26N2O6/c1-31-20-15-22(32-2)24(23(16-20)33-3)17-10-12-28(13-11-17)26(30)18-6-8-19(9-7-18)27-25(29)21-5-4-14-34-21/h4-10,14-16H,11-13H2,1-3H3,(H,27,29). The van der Waals surface area contributed by atoms with E-state index in [9.17, 15) is 9.59 Å². The minimum atomic E-state index is -0.345. The van der Waals surface area contributed by atoms with Gasteiger partial charge < -0.3 is 28.8 Å². The van der Waals surface area contributed by atoms with Gasteiger partial charge in [-0.05, 0) is 48.4 Å². The highest BCUT2D eigenvalue weighted by Gasteiger charge is 2.23. The Hall–Kier alpha value is -4.20. The van der Waals surface area contributed by atoms with Gasteiger partial charge in [-0.15, -0.1) is 0 Å². The second kappa shape index (κ2) is 10.2. The SMILES string of the molecule is COc1cc(OC)c(C2=CCN(C(=O)c3ccc(NC(=O)c4ccco4)cc3)CC2)c(OC)c1. The van der Waals surface area contributed by atoms with E-state index in [1.165, 1.54) is 6.26 Å². The van der Waals surface area contributed by atoms with E-state index in [0.29, 0.717) is 48.0 Å². The highest BCUT2D eigenvalue weighted by atomic mass is 16.5. The number of methoxy groups -OCH3 is 3. The van der Waals surface area contributed by atoms with E-state index in [2.05, 4.69) is 5.32 Å². The van der Waals surface area contributed by atoms with Gasteiger partial charge in [-0.25, -0.2) is 0 Å². The van der Waals surface area contributed by atoms with Crippen molar-refractivity contribution in [2.75, 3.05) is 39.7 Å². The molecule has 2 heterocycles. The number of nitrogens with one attached hydrogen (secondary N) is 1. The normalized spacial score (nSPS) is 13.1. The Labute approximate surface area is 197 Å². The summed E-state index contributed by atoms with van der Waals surface area (Å²) in [5.41, 5.74) is 3.05. The van der Waals surface area contributed by atoms with Crippen LogP contribution >= 0.6 is 0 Å². The lowest BCUT2D eigenvalue weighted by Crippen LogP contribution is -2.34. The fraction of sp³-hybridized carbons (Fsp3) is 0.231. The van der Waals surface area contributed by atoms with Crippen LogP contribution in [-0.4, -0.2) is 51.1 Å². The van der Waals surface area contributed by atoms with Gasteiger partial charge in [0.1, 0.15) is 17.2 Å². The van der Waals surface area contributed by atoms with Crippen LogP contribution in [0.1, 0.15) is 32.9 Å². The fourth-order valence-corrected chi connectivity index (χ4v) is 3.88. The van der Waals surface area contributed by atoms with Crippen LogP contribution in [0.3, 0.4) is 0 Å². The van der Waals surface area contributed by atoms with Crippen molar-refractivity contribution in [3.63, 3.8) is 0 Å². The van der Waals surface area contributed by atoms with Crippen molar-refractivity contribution in [3.8, 4) is 17.2 Å². The van der Waals surface area contributed by atoms with Crippen molar-refractivity contribution in [2.24, 2.45) is 0 Å². The summed E-state index contributed by atoms with van der Waals surface area (Å²) in [7, 11) is 4.81. The van der Waals surface area contributed by atoms with Gasteiger partial charge in [-0.2, -0.15) is 0 Å². The summed E-state index contributed by atoms with van der Waals surface area (Å²) in [6.45, 7) is 1.02. The third-order valence-electron chi connectivity index (χ3n) is 5.67. The van der Waals surface area contributed by atoms with Crippen LogP contribution in [0.25, 0.3) is 5.57 Å². The lowest BCUT2D eigenvalue weighted by Gasteiger charge is -2.28. The minimum Gasteiger partial charge on any atom is -0.496 e. The van der Waals surface area contributed by atoms with E-state index in [1.807, 2.05) is 18.2 Å². The van der Waals surface area contributed by atoms with Crippen molar-refractivity contribution >= 4 is 23.1 Å². The number of rotatable bonds is 7. The number of nitrogens with zero attached hydrogens (tertiary/aromatic N) is 1. The topological polar surface area (TPSA) is 90.2 Å². The van der Waals surface area contributed by atoms with E-state index in [-0.39, 0.29) is 17.6 Å². The monoisotopic (exact) mass is 462 g/mol. The van der Waals surface area contributed by atoms with Crippen molar-refractivity contribution in [1.82, 2.24) is 4.90 Å². The number of amides is 2. The van der Waals surface area contributed by atoms with Gasteiger partial charge in [0.25, 0.3) is 11.8 Å². The largest absolute Gasteiger partial charge is 0.496 e. The van der Waals surface area contributed by atoms with Gasteiger partial charge in [0.2, 0.25) is 0 Å². The molecule has 0 aliphatic carbocycles. The summed E-state index contributed by atoms with van der Waals surface area (Å²) < 4.78 is 21.6. The molecular formula is C26H26N2O6. The number of carbonyl (C=O) groups is 2. The Kier molecular flexibility index (Phi) is 6.87. The van der Waals surface area contributed by atoms with Crippen LogP contribution in [0.4, 0.5) is 5.69 Å². The summed E-state index contributed by atoms with van der Waals surface area (Å²) in [5.74, 6) is 1.77. The van der Waals surface area contributed by atoms with Gasteiger partial charge in [0.15, 0.2) is 5.76 Å². The molecule has 0 spiro atoms. The van der Waals surface area contributed by atoms with Crippen LogP contribution in [0.5, 0.6) is 17.2 Å². The predicted octanol–water partition coefficient (Wildman–Crippen LogP) is 4.49. The first-order valence-electron chi connectivity index (χ1n) is 10.8. The number of hydrogen-bond acceptors (Lipinski definition) is 6. The molecule has 0 fully saturated rings. The number of carbonyl (C=O) groups excluding carboxylic acids is 2. The highest BCUT2D eigenvalue weighted by molar-refractivity contribution is 6.02. The number of furan rings is 1. The summed E-state index contributed by atoms with van der Waals surface area (Å²) >= 11 is 0. The number of ether oxygens (including phenoxy) is 3. The first-order chi connectivity index (χ1) is 16.5. The Morgan fingerprint density at radius 3 is 2.21 bits per heavy atom. The van der Waals surface area contributed by atoms with Gasteiger partial charge in [-0.3, -0.25) is 9.59 Å². The van der Waals surface area contributed by atoms with Gasteiger partial charge in [0, 0.05) is 36.5 Å². The summed E-state index contributed by atoms with van der Waals surface area (Å²) in [4.78, 5) is 26.9. The first kappa shape index (κ1) is 23.0. The van der Waals surface area contributed by atoms with Crippen molar-refractivity contribution < 1.29 is 28.2 Å². The van der Waals surface area contributed by atoms with E-state index in [1.54, 1.807) is 62.6 Å². The smallest absolute Gasteiger partial charge is 0.291 e. The molecule has 3 aromatic rings. The lowest BCUT2D eigenvalue weighted by atomic mass is 9.96. The molecule has 2 aromatic carbocycles. The highest BCUT2D eigenvalue weighted by Crippen LogP contribution is 2.41. The summed E-state index contributed by atoms with van der Waals surface area (Å²) in [6, 6.07) is 13.7. The predicted molar refractivity (Wildman–Crippen MR) is 128 cm³/mol. The second-order valence-electron chi connectivity index (χ2n) is 7.65. The molecule has 0 radical (unpaired) electrons. The zero-order chi connectivity index (χ0) is 24.1. The third-order valence-corrected chi connectivity index (χ3v) is 5.67. The van der Waals surface area contributed by atoms with Gasteiger partial charge in [-0.1, -0.05) is 6.08 Å². The summed E-state index contributed by atoms with van der Waals surface area (Å²) in [5, 5.41) is 2.74. The molecule has 0 unspecified atom stereocenters. The Morgan fingerprint density at radius 2 is 1.68 bits per heavy atom. The molecule has 176 valence electrons. The second-order valence-corrected chi connectivity index (χ2v) is 7.65. The van der Waals surface area contributed by atoms with Gasteiger partial charge in [0.05, 0.1) is 33.2 Å². The zero-order valence-corrected chi connectivity index (χ0v) is 19.3. The maximum Gasteiger partial charge on any atom is 0.291 e. The molecule has 2 amide bonds. The average Bonchev–Trinajstić information content (AvgIpc) is 3.43. The maximum atomic E-state index is 13.0. The fourth-order valence-electron chi connectivity index (χ4n) is 3.88. The molecule has 4 rings (SSSR count). The Balaban J connectivity index is 1.45. The molecule has 8 heteroatoms. The van der Waals surface area contributed by atoms with E-state index < -0.39 is 0 Å². The molecule has 0 saturated carbocycles. The van der Waals surface area contributed by atoms with Gasteiger partial charge >= 0.3 is 0 Å². The first-order valence-corrected chi connectivity index (χ1v) is 10.8. The van der Waals surface area contributed by atoms with Crippen LogP contribution in [0.2, 0.25) is 0 Å². The molecule has 0 saturated heterocycles. The molecular weight excluding hydrogens is 436 g/mol. The minimum absolute atomic E-state index is 0.0760. The molecule has 1 N–H and O–H groups in total. The number of hydrogen-bond donors (Lipinski definition) is 1. The molecule has 0 atom stereocenters. The van der Waals surface area contributed by atoms with Crippen molar-refractivity contribution in [1.29, 1.82) is 0 Å². The number of anilines is 1. The Bertz CT molecular complexity index is 1170. The van der Waals surface area contributed by atoms with Crippen molar-refractivity contribution in [2.45, 2.75) is 6.42 Å². The Morgan fingerprint density at radius 1 is 0.971 bits per heavy atom.